The van der Waals surface area contributed by atoms with E-state index >= 15 is 0 Å². The molecule has 0 spiro atoms. The lowest BCUT2D eigenvalue weighted by atomic mass is 10.0. The number of carbonyl (C=O) groups is 1. The summed E-state index contributed by atoms with van der Waals surface area (Å²) >= 11 is 0. The molecule has 0 unspecified atom stereocenters. The third kappa shape index (κ3) is 1.98. The highest BCUT2D eigenvalue weighted by molar-refractivity contribution is 5.74. The first kappa shape index (κ1) is 10.5. The third-order valence-electron chi connectivity index (χ3n) is 2.49. The fourth-order valence-electron chi connectivity index (χ4n) is 1.64. The molecule has 0 atom stereocenters. The van der Waals surface area contributed by atoms with Gasteiger partial charge in [-0.1, -0.05) is 0 Å². The number of nitrogens with one attached hydrogen (secondary N) is 1. The van der Waals surface area contributed by atoms with Crippen LogP contribution < -0.4 is 5.73 Å². The number of aromatic nitrogens is 2. The first-order valence-corrected chi connectivity index (χ1v) is 5.03. The van der Waals surface area contributed by atoms with Gasteiger partial charge in [-0.15, -0.1) is 0 Å². The maximum Gasteiger partial charge on any atom is 0.217 e. The highest BCUT2D eigenvalue weighted by Crippen LogP contribution is 2.24. The monoisotopic (exact) mass is 219 g/mol. The Morgan fingerprint density at radius 3 is 3.06 bits per heavy atom. The van der Waals surface area contributed by atoms with Crippen molar-refractivity contribution in [3.05, 3.63) is 29.9 Å². The van der Waals surface area contributed by atoms with E-state index in [2.05, 4.69) is 10.2 Å². The van der Waals surface area contributed by atoms with Gasteiger partial charge in [-0.25, -0.2) is 0 Å². The number of aromatic amines is 1. The standard InChI is InChI=1S/C11H13N3O2/c1-7-9(2-3-10(12)15)11(14-13-7)8-4-5-16-6-8/h4-6H,2-3H2,1H3,(H2,12,15)(H,13,14). The predicted octanol–water partition coefficient (Wildman–Crippen LogP) is 1.40. The molecule has 0 bridgehead atoms. The second-order valence-corrected chi connectivity index (χ2v) is 3.65. The van der Waals surface area contributed by atoms with Crippen molar-refractivity contribution in [2.75, 3.05) is 0 Å². The van der Waals surface area contributed by atoms with E-state index in [1.54, 1.807) is 12.5 Å². The topological polar surface area (TPSA) is 84.9 Å². The van der Waals surface area contributed by atoms with Gasteiger partial charge in [0, 0.05) is 23.2 Å². The normalized spacial score (nSPS) is 10.6. The molecule has 0 saturated heterocycles. The van der Waals surface area contributed by atoms with Gasteiger partial charge < -0.3 is 10.2 Å². The lowest BCUT2D eigenvalue weighted by molar-refractivity contribution is -0.117. The van der Waals surface area contributed by atoms with Crippen LogP contribution >= 0.6 is 0 Å². The van der Waals surface area contributed by atoms with Crippen molar-refractivity contribution in [2.24, 2.45) is 5.73 Å². The Bertz CT molecular complexity index is 485. The van der Waals surface area contributed by atoms with Crippen LogP contribution in [-0.2, 0) is 11.2 Å². The van der Waals surface area contributed by atoms with Gasteiger partial charge in [-0.05, 0) is 19.4 Å². The maximum atomic E-state index is 10.8. The molecule has 16 heavy (non-hydrogen) atoms. The van der Waals surface area contributed by atoms with Gasteiger partial charge in [0.15, 0.2) is 0 Å². The number of hydrogen-bond donors (Lipinski definition) is 2. The average Bonchev–Trinajstić information content (AvgIpc) is 2.83. The maximum absolute atomic E-state index is 10.8. The van der Waals surface area contributed by atoms with Gasteiger partial charge in [-0.2, -0.15) is 5.10 Å². The van der Waals surface area contributed by atoms with E-state index in [1.807, 2.05) is 13.0 Å². The molecule has 0 aliphatic carbocycles. The van der Waals surface area contributed by atoms with Crippen LogP contribution in [0, 0.1) is 6.92 Å². The second-order valence-electron chi connectivity index (χ2n) is 3.65. The Kier molecular flexibility index (Phi) is 2.76. The number of carbonyl (C=O) groups excluding carboxylic acids is 1. The molecule has 0 aliphatic rings. The Balaban J connectivity index is 2.29. The molecule has 2 heterocycles. The molecule has 1 amide bonds. The van der Waals surface area contributed by atoms with E-state index in [0.717, 1.165) is 22.5 Å². The highest BCUT2D eigenvalue weighted by atomic mass is 16.3. The van der Waals surface area contributed by atoms with Crippen molar-refractivity contribution in [3.8, 4) is 11.3 Å². The van der Waals surface area contributed by atoms with Crippen molar-refractivity contribution in [1.29, 1.82) is 0 Å². The minimum atomic E-state index is -0.307. The molecular weight excluding hydrogens is 206 g/mol. The van der Waals surface area contributed by atoms with E-state index in [0.29, 0.717) is 12.8 Å². The Morgan fingerprint density at radius 1 is 1.62 bits per heavy atom. The van der Waals surface area contributed by atoms with E-state index in [9.17, 15) is 4.79 Å². The molecule has 2 rings (SSSR count). The minimum absolute atomic E-state index is 0.307. The molecule has 0 fully saturated rings. The Labute approximate surface area is 92.6 Å². The number of hydrogen-bond acceptors (Lipinski definition) is 3. The zero-order chi connectivity index (χ0) is 11.5. The largest absolute Gasteiger partial charge is 0.472 e. The summed E-state index contributed by atoms with van der Waals surface area (Å²) in [5.74, 6) is -0.307. The molecule has 3 N–H and O–H groups in total. The molecule has 0 aromatic carbocycles. The molecule has 2 aromatic heterocycles. The lowest BCUT2D eigenvalue weighted by Gasteiger charge is -2.00. The minimum Gasteiger partial charge on any atom is -0.472 e. The van der Waals surface area contributed by atoms with Crippen LogP contribution in [0.15, 0.2) is 23.0 Å². The third-order valence-corrected chi connectivity index (χ3v) is 2.49. The molecule has 0 radical (unpaired) electrons. The number of primary amides is 1. The number of furan rings is 1. The number of nitrogens with two attached hydrogens (primary N) is 1. The number of H-pyrrole nitrogens is 1. The van der Waals surface area contributed by atoms with E-state index in [1.165, 1.54) is 0 Å². The SMILES string of the molecule is Cc1[nH]nc(-c2ccoc2)c1CCC(N)=O. The van der Waals surface area contributed by atoms with Crippen molar-refractivity contribution in [1.82, 2.24) is 10.2 Å². The summed E-state index contributed by atoms with van der Waals surface area (Å²) in [6, 6.07) is 1.84. The highest BCUT2D eigenvalue weighted by Gasteiger charge is 2.13. The van der Waals surface area contributed by atoms with Crippen LogP contribution in [0.5, 0.6) is 0 Å². The lowest BCUT2D eigenvalue weighted by Crippen LogP contribution is -2.11. The van der Waals surface area contributed by atoms with E-state index < -0.39 is 0 Å². The van der Waals surface area contributed by atoms with Crippen LogP contribution in [0.1, 0.15) is 17.7 Å². The smallest absolute Gasteiger partial charge is 0.217 e. The number of amides is 1. The summed E-state index contributed by atoms with van der Waals surface area (Å²) in [7, 11) is 0. The van der Waals surface area contributed by atoms with Crippen molar-refractivity contribution >= 4 is 5.91 Å². The average molecular weight is 219 g/mol. The predicted molar refractivity (Wildman–Crippen MR) is 58.5 cm³/mol. The van der Waals surface area contributed by atoms with Crippen molar-refractivity contribution < 1.29 is 9.21 Å². The van der Waals surface area contributed by atoms with E-state index in [4.69, 9.17) is 10.2 Å². The van der Waals surface area contributed by atoms with Crippen LogP contribution in [0.3, 0.4) is 0 Å². The van der Waals surface area contributed by atoms with Crippen LogP contribution in [0.25, 0.3) is 11.3 Å². The van der Waals surface area contributed by atoms with E-state index in [-0.39, 0.29) is 5.91 Å². The van der Waals surface area contributed by atoms with Gasteiger partial charge in [0.2, 0.25) is 5.91 Å². The van der Waals surface area contributed by atoms with Gasteiger partial charge in [0.25, 0.3) is 0 Å². The molecule has 5 nitrogen and oxygen atoms in total. The van der Waals surface area contributed by atoms with Gasteiger partial charge in [0.05, 0.1) is 18.2 Å². The van der Waals surface area contributed by atoms with Crippen LogP contribution in [-0.4, -0.2) is 16.1 Å². The van der Waals surface area contributed by atoms with Crippen molar-refractivity contribution in [3.63, 3.8) is 0 Å². The summed E-state index contributed by atoms with van der Waals surface area (Å²) in [5.41, 5.74) is 8.84. The number of rotatable bonds is 4. The molecule has 5 heteroatoms. The molecule has 0 aliphatic heterocycles. The number of aryl methyl sites for hydroxylation is 1. The van der Waals surface area contributed by atoms with Gasteiger partial charge in [0.1, 0.15) is 0 Å². The zero-order valence-corrected chi connectivity index (χ0v) is 8.99. The summed E-state index contributed by atoms with van der Waals surface area (Å²) < 4.78 is 5.01. The summed E-state index contributed by atoms with van der Waals surface area (Å²) in [6.07, 6.45) is 4.14. The zero-order valence-electron chi connectivity index (χ0n) is 8.99. The molecular formula is C11H13N3O2. The second kappa shape index (κ2) is 4.22. The fraction of sp³-hybridized carbons (Fsp3) is 0.273. The quantitative estimate of drug-likeness (QED) is 0.814. The van der Waals surface area contributed by atoms with Gasteiger partial charge in [-0.3, -0.25) is 9.89 Å². The van der Waals surface area contributed by atoms with Crippen LogP contribution in [0.4, 0.5) is 0 Å². The van der Waals surface area contributed by atoms with Gasteiger partial charge >= 0.3 is 0 Å². The summed E-state index contributed by atoms with van der Waals surface area (Å²) in [5, 5.41) is 7.10. The molecule has 2 aromatic rings. The fourth-order valence-corrected chi connectivity index (χ4v) is 1.64. The van der Waals surface area contributed by atoms with Crippen LogP contribution in [0.2, 0.25) is 0 Å². The summed E-state index contributed by atoms with van der Waals surface area (Å²) in [6.45, 7) is 1.92. The van der Waals surface area contributed by atoms with Crippen molar-refractivity contribution in [2.45, 2.75) is 19.8 Å². The Hall–Kier alpha value is -2.04. The first-order chi connectivity index (χ1) is 7.68. The molecule has 84 valence electrons. The number of nitrogens with zero attached hydrogens (tertiary/aromatic N) is 1. The molecule has 0 saturated carbocycles. The summed E-state index contributed by atoms with van der Waals surface area (Å²) in [4.78, 5) is 10.8. The Morgan fingerprint density at radius 2 is 2.44 bits per heavy atom. The first-order valence-electron chi connectivity index (χ1n) is 5.03.